The molecule has 0 aromatic carbocycles. The fourth-order valence-electron chi connectivity index (χ4n) is 2.68. The van der Waals surface area contributed by atoms with Crippen molar-refractivity contribution in [2.24, 2.45) is 0 Å². The van der Waals surface area contributed by atoms with Crippen molar-refractivity contribution < 1.29 is 8.42 Å². The third kappa shape index (κ3) is 2.07. The number of piperidine rings is 1. The van der Waals surface area contributed by atoms with E-state index in [2.05, 4.69) is 19.5 Å². The molecule has 3 heterocycles. The number of anilines is 1. The zero-order valence-corrected chi connectivity index (χ0v) is 11.2. The maximum atomic E-state index is 12.2. The van der Waals surface area contributed by atoms with Crippen molar-refractivity contribution in [2.45, 2.75) is 30.2 Å². The maximum Gasteiger partial charge on any atom is 0.243 e. The van der Waals surface area contributed by atoms with E-state index in [0.717, 1.165) is 25.8 Å². The van der Waals surface area contributed by atoms with Crippen LogP contribution in [-0.4, -0.2) is 32.5 Å². The fraction of sp³-hybridized carbons (Fsp3) is 0.500. The lowest BCUT2D eigenvalue weighted by Gasteiger charge is -2.35. The quantitative estimate of drug-likeness (QED) is 0.726. The molecule has 6 nitrogen and oxygen atoms in total. The van der Waals surface area contributed by atoms with E-state index in [4.69, 9.17) is 6.57 Å². The van der Waals surface area contributed by atoms with E-state index in [1.807, 2.05) is 0 Å². The van der Waals surface area contributed by atoms with Gasteiger partial charge < -0.3 is 4.90 Å². The Balaban J connectivity index is 2.18. The summed E-state index contributed by atoms with van der Waals surface area (Å²) in [6, 6.07) is 1.57. The van der Waals surface area contributed by atoms with Crippen molar-refractivity contribution in [3.63, 3.8) is 0 Å². The van der Waals surface area contributed by atoms with Gasteiger partial charge >= 0.3 is 0 Å². The Morgan fingerprint density at radius 2 is 2.32 bits per heavy atom. The van der Waals surface area contributed by atoms with E-state index >= 15 is 0 Å². The zero-order chi connectivity index (χ0) is 13.5. The molecule has 100 valence electrons. The van der Waals surface area contributed by atoms with Gasteiger partial charge in [-0.1, -0.05) is 0 Å². The van der Waals surface area contributed by atoms with Gasteiger partial charge in [-0.15, -0.1) is 0 Å². The van der Waals surface area contributed by atoms with Crippen LogP contribution in [0.3, 0.4) is 0 Å². The molecule has 0 unspecified atom stereocenters. The second-order valence-electron chi connectivity index (χ2n) is 4.82. The lowest BCUT2D eigenvalue weighted by Crippen LogP contribution is -2.44. The van der Waals surface area contributed by atoms with Crippen LogP contribution in [0.2, 0.25) is 0 Å². The van der Waals surface area contributed by atoms with Crippen LogP contribution in [0.5, 0.6) is 0 Å². The first-order valence-electron chi connectivity index (χ1n) is 6.25. The molecule has 1 fully saturated rings. The van der Waals surface area contributed by atoms with Crippen LogP contribution in [0.4, 0.5) is 11.5 Å². The molecule has 0 bridgehead atoms. The number of hydrogen-bond acceptors (Lipinski definition) is 4. The van der Waals surface area contributed by atoms with Gasteiger partial charge in [-0.3, -0.25) is 0 Å². The summed E-state index contributed by atoms with van der Waals surface area (Å²) in [7, 11) is -3.57. The average Bonchev–Trinajstić information content (AvgIpc) is 2.55. The van der Waals surface area contributed by atoms with Crippen LogP contribution in [0.25, 0.3) is 4.85 Å². The molecule has 2 aliphatic rings. The van der Waals surface area contributed by atoms with Gasteiger partial charge in [0.25, 0.3) is 0 Å². The van der Waals surface area contributed by atoms with Crippen LogP contribution in [0.15, 0.2) is 17.2 Å². The predicted octanol–water partition coefficient (Wildman–Crippen LogP) is 1.28. The van der Waals surface area contributed by atoms with E-state index < -0.39 is 10.0 Å². The van der Waals surface area contributed by atoms with Crippen LogP contribution >= 0.6 is 0 Å². The Labute approximate surface area is 112 Å². The number of fused-ring (bicyclic) bond motifs is 3. The van der Waals surface area contributed by atoms with Crippen molar-refractivity contribution >= 4 is 21.5 Å². The number of pyridine rings is 1. The molecule has 3 rings (SSSR count). The predicted molar refractivity (Wildman–Crippen MR) is 70.7 cm³/mol. The third-order valence-corrected chi connectivity index (χ3v) is 5.07. The second kappa shape index (κ2) is 4.47. The van der Waals surface area contributed by atoms with Crippen LogP contribution in [0, 0.1) is 6.57 Å². The monoisotopic (exact) mass is 278 g/mol. The summed E-state index contributed by atoms with van der Waals surface area (Å²) in [4.78, 5) is 9.67. The minimum atomic E-state index is -3.57. The number of hydrogen-bond donors (Lipinski definition) is 1. The molecule has 1 aromatic heterocycles. The van der Waals surface area contributed by atoms with E-state index in [9.17, 15) is 8.42 Å². The Bertz CT molecular complexity index is 650. The largest absolute Gasteiger partial charge is 0.351 e. The summed E-state index contributed by atoms with van der Waals surface area (Å²) < 4.78 is 27.1. The van der Waals surface area contributed by atoms with E-state index in [-0.39, 0.29) is 16.6 Å². The summed E-state index contributed by atoms with van der Waals surface area (Å²) in [5, 5.41) is 0. The number of aromatic nitrogens is 1. The molecule has 0 radical (unpaired) electrons. The highest BCUT2D eigenvalue weighted by atomic mass is 32.2. The summed E-state index contributed by atoms with van der Waals surface area (Å²) in [6.07, 6.45) is 4.56. The SMILES string of the molecule is [C-]#[N+]c1cnc2c(c1)S(=O)(=O)NC[C@H]1CCCCN21. The highest BCUT2D eigenvalue weighted by Gasteiger charge is 2.33. The Morgan fingerprint density at radius 3 is 3.11 bits per heavy atom. The Hall–Kier alpha value is -1.65. The van der Waals surface area contributed by atoms with Crippen LogP contribution in [-0.2, 0) is 10.0 Å². The maximum absolute atomic E-state index is 12.2. The first-order chi connectivity index (χ1) is 9.12. The highest BCUT2D eigenvalue weighted by molar-refractivity contribution is 7.89. The minimum absolute atomic E-state index is 0.130. The summed E-state index contributed by atoms with van der Waals surface area (Å²) in [5.41, 5.74) is 0.250. The molecule has 19 heavy (non-hydrogen) atoms. The zero-order valence-electron chi connectivity index (χ0n) is 10.3. The standard InChI is InChI=1S/C12H14N4O2S/c1-13-9-6-11-12(14-7-9)16-5-3-2-4-10(16)8-15-19(11,17)18/h6-7,10,15H,2-5,8H2/t10-/m1/s1. The molecule has 7 heteroatoms. The summed E-state index contributed by atoms with van der Waals surface area (Å²) >= 11 is 0. The molecule has 0 saturated carbocycles. The van der Waals surface area contributed by atoms with Crippen molar-refractivity contribution in [3.05, 3.63) is 23.7 Å². The molecule has 1 atom stereocenters. The number of rotatable bonds is 0. The molecule has 0 spiro atoms. The number of nitrogens with one attached hydrogen (secondary N) is 1. The molecular formula is C12H14N4O2S. The van der Waals surface area contributed by atoms with Crippen molar-refractivity contribution in [3.8, 4) is 0 Å². The topological polar surface area (TPSA) is 66.7 Å². The van der Waals surface area contributed by atoms with Gasteiger partial charge in [0.2, 0.25) is 15.7 Å². The Morgan fingerprint density at radius 1 is 1.47 bits per heavy atom. The van der Waals surface area contributed by atoms with Crippen molar-refractivity contribution in [1.82, 2.24) is 9.71 Å². The van der Waals surface area contributed by atoms with Crippen LogP contribution < -0.4 is 9.62 Å². The second-order valence-corrected chi connectivity index (χ2v) is 6.56. The van der Waals surface area contributed by atoms with E-state index in [0.29, 0.717) is 12.4 Å². The van der Waals surface area contributed by atoms with E-state index in [1.165, 1.54) is 12.3 Å². The molecular weight excluding hydrogens is 264 g/mol. The molecule has 1 aromatic rings. The molecule has 1 N–H and O–H groups in total. The third-order valence-electron chi connectivity index (χ3n) is 3.65. The molecule has 2 aliphatic heterocycles. The smallest absolute Gasteiger partial charge is 0.243 e. The van der Waals surface area contributed by atoms with Gasteiger partial charge in [0.15, 0.2) is 0 Å². The molecule has 0 amide bonds. The van der Waals surface area contributed by atoms with E-state index in [1.54, 1.807) is 0 Å². The van der Waals surface area contributed by atoms with Gasteiger partial charge in [0.1, 0.15) is 10.7 Å². The lowest BCUT2D eigenvalue weighted by atomic mass is 10.0. The van der Waals surface area contributed by atoms with Gasteiger partial charge in [0.05, 0.1) is 6.57 Å². The highest BCUT2D eigenvalue weighted by Crippen LogP contribution is 2.33. The summed E-state index contributed by atoms with van der Waals surface area (Å²) in [6.45, 7) is 8.21. The van der Waals surface area contributed by atoms with Gasteiger partial charge in [-0.2, -0.15) is 0 Å². The fourth-order valence-corrected chi connectivity index (χ4v) is 3.93. The van der Waals surface area contributed by atoms with Gasteiger partial charge in [-0.05, 0) is 25.3 Å². The number of nitrogens with zero attached hydrogens (tertiary/aromatic N) is 3. The first-order valence-corrected chi connectivity index (χ1v) is 7.74. The lowest BCUT2D eigenvalue weighted by molar-refractivity contribution is 0.454. The van der Waals surface area contributed by atoms with Gasteiger partial charge in [0, 0.05) is 25.3 Å². The van der Waals surface area contributed by atoms with Crippen molar-refractivity contribution in [2.75, 3.05) is 18.0 Å². The van der Waals surface area contributed by atoms with Gasteiger partial charge in [-0.25, -0.2) is 23.0 Å². The van der Waals surface area contributed by atoms with Crippen LogP contribution in [0.1, 0.15) is 19.3 Å². The van der Waals surface area contributed by atoms with Crippen molar-refractivity contribution in [1.29, 1.82) is 0 Å². The average molecular weight is 278 g/mol. The minimum Gasteiger partial charge on any atom is -0.351 e. The summed E-state index contributed by atoms with van der Waals surface area (Å²) in [5.74, 6) is 0.488. The normalized spacial score (nSPS) is 24.8. The molecule has 0 aliphatic carbocycles. The number of sulfonamides is 1. The Kier molecular flexibility index (Phi) is 2.92. The molecule has 1 saturated heterocycles. The first kappa shape index (κ1) is 12.4.